The van der Waals surface area contributed by atoms with Gasteiger partial charge in [0.25, 0.3) is 0 Å². The van der Waals surface area contributed by atoms with Crippen LogP contribution in [-0.4, -0.2) is 21.7 Å². The number of nitrogens with one attached hydrogen (secondary N) is 1. The molecule has 0 bridgehead atoms. The molecule has 0 aliphatic carbocycles. The highest BCUT2D eigenvalue weighted by atomic mass is 32.2. The Balaban J connectivity index is 2.32. The average molecular weight is 303 g/mol. The van der Waals surface area contributed by atoms with E-state index < -0.39 is 9.84 Å². The van der Waals surface area contributed by atoms with E-state index in [-0.39, 0.29) is 6.04 Å². The number of rotatable bonds is 5. The summed E-state index contributed by atoms with van der Waals surface area (Å²) in [4.78, 5) is 0.349. The molecule has 4 heteroatoms. The first-order chi connectivity index (χ1) is 9.95. The van der Waals surface area contributed by atoms with Gasteiger partial charge in [0, 0.05) is 6.26 Å². The molecule has 0 aliphatic heterocycles. The zero-order valence-corrected chi connectivity index (χ0v) is 13.4. The van der Waals surface area contributed by atoms with Gasteiger partial charge in [0.1, 0.15) is 0 Å². The molecule has 0 heterocycles. The van der Waals surface area contributed by atoms with Gasteiger partial charge in [-0.3, -0.25) is 0 Å². The van der Waals surface area contributed by atoms with Crippen molar-refractivity contribution in [1.82, 2.24) is 5.32 Å². The van der Waals surface area contributed by atoms with E-state index >= 15 is 0 Å². The van der Waals surface area contributed by atoms with Crippen molar-refractivity contribution in [2.45, 2.75) is 24.3 Å². The number of hydrogen-bond acceptors (Lipinski definition) is 3. The minimum Gasteiger partial charge on any atom is -0.309 e. The average Bonchev–Trinajstić information content (AvgIpc) is 2.48. The first-order valence-corrected chi connectivity index (χ1v) is 8.91. The molecule has 0 saturated heterocycles. The maximum atomic E-state index is 11.5. The summed E-state index contributed by atoms with van der Waals surface area (Å²) in [7, 11) is -1.24. The lowest BCUT2D eigenvalue weighted by Gasteiger charge is -2.18. The summed E-state index contributed by atoms with van der Waals surface area (Å²) in [5, 5.41) is 3.28. The van der Waals surface area contributed by atoms with Crippen LogP contribution in [0.5, 0.6) is 0 Å². The van der Waals surface area contributed by atoms with E-state index in [1.165, 1.54) is 17.4 Å². The molecule has 1 N–H and O–H groups in total. The lowest BCUT2D eigenvalue weighted by Crippen LogP contribution is -2.17. The first kappa shape index (κ1) is 15.7. The largest absolute Gasteiger partial charge is 0.309 e. The fourth-order valence-corrected chi connectivity index (χ4v) is 3.01. The molecule has 0 amide bonds. The van der Waals surface area contributed by atoms with Gasteiger partial charge in [-0.1, -0.05) is 43.3 Å². The Hall–Kier alpha value is -1.65. The fraction of sp³-hybridized carbons (Fsp3) is 0.294. The summed E-state index contributed by atoms with van der Waals surface area (Å²) in [6.45, 7) is 2.13. The Morgan fingerprint density at radius 3 is 1.81 bits per heavy atom. The van der Waals surface area contributed by atoms with Crippen molar-refractivity contribution >= 4 is 9.84 Å². The van der Waals surface area contributed by atoms with Gasteiger partial charge in [-0.15, -0.1) is 0 Å². The minimum atomic E-state index is -3.15. The normalized spacial score (nSPS) is 13.1. The van der Waals surface area contributed by atoms with Crippen molar-refractivity contribution in [3.05, 3.63) is 65.2 Å². The fourth-order valence-electron chi connectivity index (χ4n) is 2.38. The maximum absolute atomic E-state index is 11.5. The summed E-state index contributed by atoms with van der Waals surface area (Å²) in [6.07, 6.45) is 2.24. The molecule has 1 atom stereocenters. The third-order valence-corrected chi connectivity index (χ3v) is 4.78. The predicted octanol–water partition coefficient (Wildman–Crippen LogP) is 2.96. The van der Waals surface area contributed by atoms with Crippen LogP contribution in [0, 0.1) is 0 Å². The molecule has 21 heavy (non-hydrogen) atoms. The molecule has 0 aromatic heterocycles. The predicted molar refractivity (Wildman–Crippen MR) is 86.3 cm³/mol. The van der Waals surface area contributed by atoms with Gasteiger partial charge in [0.2, 0.25) is 0 Å². The topological polar surface area (TPSA) is 46.2 Å². The number of hydrogen-bond donors (Lipinski definition) is 1. The number of sulfone groups is 1. The van der Waals surface area contributed by atoms with Crippen LogP contribution >= 0.6 is 0 Å². The SMILES string of the molecule is CCc1ccc(C(NC)c2ccc(S(C)(=O)=O)cc2)cc1. The monoisotopic (exact) mass is 303 g/mol. The summed E-state index contributed by atoms with van der Waals surface area (Å²) in [5.41, 5.74) is 3.52. The molecule has 0 saturated carbocycles. The molecule has 2 aromatic carbocycles. The van der Waals surface area contributed by atoms with Crippen LogP contribution in [0.1, 0.15) is 29.7 Å². The van der Waals surface area contributed by atoms with Gasteiger partial charge < -0.3 is 5.32 Å². The Morgan fingerprint density at radius 2 is 1.43 bits per heavy atom. The van der Waals surface area contributed by atoms with Gasteiger partial charge in [0.05, 0.1) is 10.9 Å². The highest BCUT2D eigenvalue weighted by Gasteiger charge is 2.13. The van der Waals surface area contributed by atoms with Crippen LogP contribution in [0.2, 0.25) is 0 Å². The molecule has 0 spiro atoms. The highest BCUT2D eigenvalue weighted by molar-refractivity contribution is 7.90. The highest BCUT2D eigenvalue weighted by Crippen LogP contribution is 2.23. The quantitative estimate of drug-likeness (QED) is 0.923. The lowest BCUT2D eigenvalue weighted by atomic mass is 9.97. The third-order valence-electron chi connectivity index (χ3n) is 3.65. The van der Waals surface area contributed by atoms with E-state index in [1.54, 1.807) is 12.1 Å². The van der Waals surface area contributed by atoms with E-state index in [4.69, 9.17) is 0 Å². The van der Waals surface area contributed by atoms with Crippen molar-refractivity contribution in [2.75, 3.05) is 13.3 Å². The second-order valence-electron chi connectivity index (χ2n) is 5.16. The Morgan fingerprint density at radius 1 is 0.952 bits per heavy atom. The molecular weight excluding hydrogens is 282 g/mol. The molecule has 1 unspecified atom stereocenters. The summed E-state index contributed by atoms with van der Waals surface area (Å²) in [5.74, 6) is 0. The minimum absolute atomic E-state index is 0.0597. The molecule has 2 aromatic rings. The zero-order chi connectivity index (χ0) is 15.5. The van der Waals surface area contributed by atoms with Crippen molar-refractivity contribution in [2.24, 2.45) is 0 Å². The Bertz CT molecular complexity index is 689. The second-order valence-corrected chi connectivity index (χ2v) is 7.17. The van der Waals surface area contributed by atoms with E-state index in [0.717, 1.165) is 12.0 Å². The number of benzene rings is 2. The van der Waals surface area contributed by atoms with Crippen molar-refractivity contribution in [3.8, 4) is 0 Å². The maximum Gasteiger partial charge on any atom is 0.175 e. The van der Waals surface area contributed by atoms with Gasteiger partial charge >= 0.3 is 0 Å². The van der Waals surface area contributed by atoms with Crippen LogP contribution in [0.25, 0.3) is 0 Å². The van der Waals surface area contributed by atoms with E-state index in [9.17, 15) is 8.42 Å². The van der Waals surface area contributed by atoms with Crippen molar-refractivity contribution in [3.63, 3.8) is 0 Å². The molecule has 0 aliphatic rings. The standard InChI is InChI=1S/C17H21NO2S/c1-4-13-5-7-14(8-6-13)17(18-2)15-9-11-16(12-10-15)21(3,19)20/h5-12,17-18H,4H2,1-3H3. The van der Waals surface area contributed by atoms with Gasteiger partial charge in [-0.2, -0.15) is 0 Å². The van der Waals surface area contributed by atoms with Crippen LogP contribution in [0.4, 0.5) is 0 Å². The molecule has 3 nitrogen and oxygen atoms in total. The summed E-state index contributed by atoms with van der Waals surface area (Å²) < 4.78 is 23.0. The summed E-state index contributed by atoms with van der Waals surface area (Å²) >= 11 is 0. The van der Waals surface area contributed by atoms with Crippen molar-refractivity contribution in [1.29, 1.82) is 0 Å². The van der Waals surface area contributed by atoms with Crippen LogP contribution in [-0.2, 0) is 16.3 Å². The smallest absolute Gasteiger partial charge is 0.175 e. The molecular formula is C17H21NO2S. The number of aryl methyl sites for hydroxylation is 1. The first-order valence-electron chi connectivity index (χ1n) is 7.02. The molecule has 112 valence electrons. The van der Waals surface area contributed by atoms with Gasteiger partial charge in [0.15, 0.2) is 9.84 Å². The summed E-state index contributed by atoms with van der Waals surface area (Å²) in [6, 6.07) is 15.6. The Kier molecular flexibility index (Phi) is 4.80. The molecule has 0 fully saturated rings. The Labute approximate surface area is 126 Å². The third kappa shape index (κ3) is 3.71. The molecule has 0 radical (unpaired) electrons. The lowest BCUT2D eigenvalue weighted by molar-refractivity contribution is 0.601. The van der Waals surface area contributed by atoms with Crippen LogP contribution in [0.15, 0.2) is 53.4 Å². The van der Waals surface area contributed by atoms with E-state index in [1.807, 2.05) is 19.2 Å². The van der Waals surface area contributed by atoms with E-state index in [2.05, 4.69) is 36.5 Å². The second kappa shape index (κ2) is 6.41. The van der Waals surface area contributed by atoms with Crippen LogP contribution in [0.3, 0.4) is 0 Å². The van der Waals surface area contributed by atoms with Gasteiger partial charge in [-0.05, 0) is 42.3 Å². The van der Waals surface area contributed by atoms with E-state index in [0.29, 0.717) is 4.90 Å². The van der Waals surface area contributed by atoms with Crippen LogP contribution < -0.4 is 5.32 Å². The van der Waals surface area contributed by atoms with Crippen molar-refractivity contribution < 1.29 is 8.42 Å². The molecule has 2 rings (SSSR count). The zero-order valence-electron chi connectivity index (χ0n) is 12.6. The van der Waals surface area contributed by atoms with Gasteiger partial charge in [-0.25, -0.2) is 8.42 Å².